The maximum Gasteiger partial charge on any atom is 0.281 e. The summed E-state index contributed by atoms with van der Waals surface area (Å²) in [5.41, 5.74) is 5.04. The highest BCUT2D eigenvalue weighted by Gasteiger charge is 2.30. The predicted octanol–water partition coefficient (Wildman–Crippen LogP) is 2.33. The summed E-state index contributed by atoms with van der Waals surface area (Å²) in [5, 5.41) is 14.6. The van der Waals surface area contributed by atoms with Gasteiger partial charge in [0.1, 0.15) is 6.10 Å². The van der Waals surface area contributed by atoms with Crippen molar-refractivity contribution in [1.29, 1.82) is 0 Å². The fourth-order valence-corrected chi connectivity index (χ4v) is 5.17. The SMILES string of the molecule is Cc1c(-c2cnc3[nH]ncc3c2)ccc2c3oc(CNC(=O)[C@@H]4CNCCO4)nc3c(=O)n(C3CC3)c12. The van der Waals surface area contributed by atoms with Gasteiger partial charge in [0.25, 0.3) is 11.5 Å². The van der Waals surface area contributed by atoms with Crippen LogP contribution >= 0.6 is 0 Å². The number of amides is 1. The van der Waals surface area contributed by atoms with E-state index in [1.165, 1.54) is 0 Å². The number of aromatic nitrogens is 5. The van der Waals surface area contributed by atoms with Crippen molar-refractivity contribution in [3.8, 4) is 11.1 Å². The van der Waals surface area contributed by atoms with Crippen LogP contribution in [0.3, 0.4) is 0 Å². The van der Waals surface area contributed by atoms with E-state index in [1.54, 1.807) is 6.20 Å². The first kappa shape index (κ1) is 22.1. The topological polar surface area (TPSA) is 140 Å². The average Bonchev–Trinajstić information content (AvgIpc) is 3.48. The van der Waals surface area contributed by atoms with Crippen LogP contribution in [0.5, 0.6) is 0 Å². The zero-order valence-corrected chi connectivity index (χ0v) is 20.2. The Balaban J connectivity index is 1.32. The average molecular weight is 500 g/mol. The normalized spacial score (nSPS) is 18.1. The molecule has 5 aromatic rings. The number of ether oxygens (including phenoxy) is 1. The number of H-pyrrole nitrogens is 1. The number of benzene rings is 1. The molecule has 1 saturated carbocycles. The minimum atomic E-state index is -0.553. The fourth-order valence-electron chi connectivity index (χ4n) is 5.17. The lowest BCUT2D eigenvalue weighted by Gasteiger charge is -2.22. The van der Waals surface area contributed by atoms with Crippen LogP contribution in [0, 0.1) is 6.92 Å². The summed E-state index contributed by atoms with van der Waals surface area (Å²) in [5.74, 6) is 0.0498. The number of fused-ring (bicyclic) bond motifs is 4. The quantitative estimate of drug-likeness (QED) is 0.335. The number of carbonyl (C=O) groups is 1. The summed E-state index contributed by atoms with van der Waals surface area (Å²) in [4.78, 5) is 35.1. The second kappa shape index (κ2) is 8.49. The molecule has 7 rings (SSSR count). The van der Waals surface area contributed by atoms with E-state index in [-0.39, 0.29) is 35.5 Å². The van der Waals surface area contributed by atoms with Crippen molar-refractivity contribution in [1.82, 2.24) is 35.4 Å². The Hall–Kier alpha value is -4.09. The van der Waals surface area contributed by atoms with Gasteiger partial charge in [-0.05, 0) is 43.0 Å². The smallest absolute Gasteiger partial charge is 0.281 e. The van der Waals surface area contributed by atoms with Crippen molar-refractivity contribution < 1.29 is 13.9 Å². The summed E-state index contributed by atoms with van der Waals surface area (Å²) in [6, 6.07) is 6.18. The Morgan fingerprint density at radius 3 is 2.97 bits per heavy atom. The van der Waals surface area contributed by atoms with Gasteiger partial charge in [-0.25, -0.2) is 9.97 Å². The minimum Gasteiger partial charge on any atom is -0.438 e. The number of nitrogens with one attached hydrogen (secondary N) is 3. The fraction of sp³-hybridized carbons (Fsp3) is 0.346. The first-order chi connectivity index (χ1) is 18.1. The van der Waals surface area contributed by atoms with Gasteiger partial charge >= 0.3 is 0 Å². The van der Waals surface area contributed by atoms with E-state index in [2.05, 4.69) is 30.8 Å². The third-order valence-electron chi connectivity index (χ3n) is 7.16. The van der Waals surface area contributed by atoms with E-state index in [0.717, 1.165) is 58.0 Å². The molecule has 1 aromatic carbocycles. The number of aryl methyl sites for hydroxylation is 1. The molecule has 5 heterocycles. The number of carbonyl (C=O) groups excluding carboxylic acids is 1. The van der Waals surface area contributed by atoms with E-state index >= 15 is 0 Å². The van der Waals surface area contributed by atoms with Crippen LogP contribution in [0.25, 0.3) is 44.2 Å². The molecule has 0 spiro atoms. The van der Waals surface area contributed by atoms with Gasteiger partial charge in [0.05, 0.1) is 24.9 Å². The van der Waals surface area contributed by atoms with Crippen LogP contribution in [0.4, 0.5) is 0 Å². The molecule has 11 heteroatoms. The molecular weight excluding hydrogens is 474 g/mol. The monoisotopic (exact) mass is 499 g/mol. The number of pyridine rings is 2. The van der Waals surface area contributed by atoms with Crippen LogP contribution in [0.1, 0.15) is 30.3 Å². The first-order valence-electron chi connectivity index (χ1n) is 12.5. The third kappa shape index (κ3) is 3.69. The lowest BCUT2D eigenvalue weighted by atomic mass is 9.97. The molecule has 4 aromatic heterocycles. The Kier molecular flexibility index (Phi) is 5.08. The van der Waals surface area contributed by atoms with E-state index in [0.29, 0.717) is 18.7 Å². The lowest BCUT2D eigenvalue weighted by molar-refractivity contribution is -0.134. The second-order valence-electron chi connectivity index (χ2n) is 9.64. The molecule has 11 nitrogen and oxygen atoms in total. The minimum absolute atomic E-state index is 0.0746. The van der Waals surface area contributed by atoms with Gasteiger partial charge < -0.3 is 24.4 Å². The molecule has 0 radical (unpaired) electrons. The molecular formula is C26H25N7O4. The van der Waals surface area contributed by atoms with Crippen LogP contribution in [-0.2, 0) is 16.1 Å². The van der Waals surface area contributed by atoms with Crippen molar-refractivity contribution in [2.24, 2.45) is 0 Å². The van der Waals surface area contributed by atoms with Gasteiger partial charge in [-0.1, -0.05) is 6.07 Å². The van der Waals surface area contributed by atoms with Crippen LogP contribution in [-0.4, -0.2) is 56.4 Å². The molecule has 1 amide bonds. The predicted molar refractivity (Wildman–Crippen MR) is 136 cm³/mol. The van der Waals surface area contributed by atoms with Gasteiger partial charge in [-0.2, -0.15) is 5.10 Å². The van der Waals surface area contributed by atoms with Gasteiger partial charge in [0.15, 0.2) is 16.7 Å². The summed E-state index contributed by atoms with van der Waals surface area (Å²) in [6.07, 6.45) is 4.90. The molecule has 1 saturated heterocycles. The highest BCUT2D eigenvalue weighted by molar-refractivity contribution is 6.04. The number of hydrogen-bond donors (Lipinski definition) is 3. The lowest BCUT2D eigenvalue weighted by Crippen LogP contribution is -2.47. The molecule has 0 unspecified atom stereocenters. The number of rotatable bonds is 5. The largest absolute Gasteiger partial charge is 0.438 e. The zero-order valence-electron chi connectivity index (χ0n) is 20.2. The maximum atomic E-state index is 13.7. The standard InChI is InChI=1S/C26H25N7O4/c1-13-17(14-8-15-10-30-32-24(15)28-9-14)4-5-18-22(13)33(16-2-3-16)26(35)21-23(18)37-20(31-21)12-29-25(34)19-11-27-6-7-36-19/h4-5,8-10,16,19,27H,2-3,6-7,11-12H2,1H3,(H,29,34)(H,28,30,32)/t19-/m0/s1. The van der Waals surface area contributed by atoms with Gasteiger partial charge in [0, 0.05) is 41.7 Å². The first-order valence-corrected chi connectivity index (χ1v) is 12.5. The number of morpholine rings is 1. The van der Waals surface area contributed by atoms with E-state index < -0.39 is 6.10 Å². The van der Waals surface area contributed by atoms with Crippen LogP contribution < -0.4 is 16.2 Å². The van der Waals surface area contributed by atoms with Crippen molar-refractivity contribution >= 4 is 38.9 Å². The highest BCUT2D eigenvalue weighted by atomic mass is 16.5. The van der Waals surface area contributed by atoms with Crippen molar-refractivity contribution in [2.75, 3.05) is 19.7 Å². The zero-order chi connectivity index (χ0) is 25.1. The number of hydrogen-bond acceptors (Lipinski definition) is 8. The Morgan fingerprint density at radius 1 is 1.27 bits per heavy atom. The van der Waals surface area contributed by atoms with Crippen molar-refractivity contribution in [3.05, 3.63) is 52.4 Å². The summed E-state index contributed by atoms with van der Waals surface area (Å²) < 4.78 is 13.5. The molecule has 2 aliphatic rings. The molecule has 1 atom stereocenters. The molecule has 1 aliphatic heterocycles. The summed E-state index contributed by atoms with van der Waals surface area (Å²) in [7, 11) is 0. The van der Waals surface area contributed by atoms with Crippen molar-refractivity contribution in [2.45, 2.75) is 38.5 Å². The second-order valence-corrected chi connectivity index (χ2v) is 9.64. The highest BCUT2D eigenvalue weighted by Crippen LogP contribution is 2.40. The van der Waals surface area contributed by atoms with Crippen LogP contribution in [0.2, 0.25) is 0 Å². The third-order valence-corrected chi connectivity index (χ3v) is 7.16. The molecule has 1 aliphatic carbocycles. The number of aromatic amines is 1. The summed E-state index contributed by atoms with van der Waals surface area (Å²) >= 11 is 0. The summed E-state index contributed by atoms with van der Waals surface area (Å²) in [6.45, 7) is 3.77. The Bertz CT molecular complexity index is 1740. The Morgan fingerprint density at radius 2 is 2.16 bits per heavy atom. The molecule has 0 bridgehead atoms. The van der Waals surface area contributed by atoms with E-state index in [9.17, 15) is 9.59 Å². The van der Waals surface area contributed by atoms with E-state index in [4.69, 9.17) is 9.15 Å². The van der Waals surface area contributed by atoms with Gasteiger partial charge in [0.2, 0.25) is 5.89 Å². The van der Waals surface area contributed by atoms with Crippen LogP contribution in [0.15, 0.2) is 39.8 Å². The molecule has 37 heavy (non-hydrogen) atoms. The number of nitrogens with zero attached hydrogens (tertiary/aromatic N) is 4. The van der Waals surface area contributed by atoms with E-state index in [1.807, 2.05) is 35.9 Å². The molecule has 3 N–H and O–H groups in total. The number of oxazole rings is 1. The maximum absolute atomic E-state index is 13.7. The molecule has 2 fully saturated rings. The van der Waals surface area contributed by atoms with Gasteiger partial charge in [-0.15, -0.1) is 0 Å². The van der Waals surface area contributed by atoms with Crippen molar-refractivity contribution in [3.63, 3.8) is 0 Å². The van der Waals surface area contributed by atoms with Gasteiger partial charge in [-0.3, -0.25) is 14.7 Å². The Labute approximate surface area is 210 Å². The molecule has 188 valence electrons.